The van der Waals surface area contributed by atoms with Gasteiger partial charge < -0.3 is 14.4 Å². The lowest BCUT2D eigenvalue weighted by atomic mass is 10.00. The molecule has 0 aromatic heterocycles. The van der Waals surface area contributed by atoms with Gasteiger partial charge >= 0.3 is 0 Å². The van der Waals surface area contributed by atoms with Crippen LogP contribution in [0.4, 0.5) is 5.69 Å². The van der Waals surface area contributed by atoms with Gasteiger partial charge in [0.2, 0.25) is 5.91 Å². The first-order valence-corrected chi connectivity index (χ1v) is 6.88. The molecule has 0 N–H and O–H groups in total. The third kappa shape index (κ3) is 2.45. The van der Waals surface area contributed by atoms with Gasteiger partial charge in [-0.1, -0.05) is 6.07 Å². The summed E-state index contributed by atoms with van der Waals surface area (Å²) in [5, 5.41) is 0. The summed E-state index contributed by atoms with van der Waals surface area (Å²) in [6.07, 6.45) is 1.90. The normalized spacial score (nSPS) is 22.6. The van der Waals surface area contributed by atoms with E-state index in [1.165, 1.54) is 0 Å². The number of carbonyl (C=O) groups excluding carboxylic acids is 1. The van der Waals surface area contributed by atoms with E-state index in [0.29, 0.717) is 19.8 Å². The first-order chi connectivity index (χ1) is 9.25. The topological polar surface area (TPSA) is 38.8 Å². The standard InChI is InChI=1S/C15H19NO3/c1-11-4-5-13-14(9-11)19-8-6-16(13)15(17)12-3-2-7-18-10-12/h4-5,9,12H,2-3,6-8,10H2,1H3. The van der Waals surface area contributed by atoms with Gasteiger partial charge in [0.25, 0.3) is 0 Å². The van der Waals surface area contributed by atoms with E-state index in [1.807, 2.05) is 30.0 Å². The van der Waals surface area contributed by atoms with E-state index in [0.717, 1.165) is 36.4 Å². The lowest BCUT2D eigenvalue weighted by Crippen LogP contribution is -2.43. The molecular formula is C15H19NO3. The van der Waals surface area contributed by atoms with Gasteiger partial charge in [-0.05, 0) is 37.5 Å². The summed E-state index contributed by atoms with van der Waals surface area (Å²) in [6, 6.07) is 5.99. The Morgan fingerprint density at radius 2 is 2.26 bits per heavy atom. The van der Waals surface area contributed by atoms with E-state index in [4.69, 9.17) is 9.47 Å². The number of benzene rings is 1. The molecule has 4 nitrogen and oxygen atoms in total. The summed E-state index contributed by atoms with van der Waals surface area (Å²) in [5.74, 6) is 0.991. The fourth-order valence-corrected chi connectivity index (χ4v) is 2.71. The molecule has 2 aliphatic rings. The smallest absolute Gasteiger partial charge is 0.232 e. The second-order valence-corrected chi connectivity index (χ2v) is 5.22. The summed E-state index contributed by atoms with van der Waals surface area (Å²) >= 11 is 0. The van der Waals surface area contributed by atoms with Crippen LogP contribution in [0.15, 0.2) is 18.2 Å². The number of carbonyl (C=O) groups is 1. The zero-order chi connectivity index (χ0) is 13.2. The number of amides is 1. The lowest BCUT2D eigenvalue weighted by molar-refractivity contribution is -0.126. The maximum absolute atomic E-state index is 12.6. The Morgan fingerprint density at radius 1 is 1.37 bits per heavy atom. The number of hydrogen-bond donors (Lipinski definition) is 0. The molecule has 1 fully saturated rings. The Hall–Kier alpha value is -1.55. The maximum Gasteiger partial charge on any atom is 0.232 e. The van der Waals surface area contributed by atoms with E-state index in [9.17, 15) is 4.79 Å². The average molecular weight is 261 g/mol. The third-order valence-corrected chi connectivity index (χ3v) is 3.75. The van der Waals surface area contributed by atoms with Crippen molar-refractivity contribution < 1.29 is 14.3 Å². The van der Waals surface area contributed by atoms with E-state index in [1.54, 1.807) is 0 Å². The van der Waals surface area contributed by atoms with Crippen molar-refractivity contribution in [3.8, 4) is 5.75 Å². The number of fused-ring (bicyclic) bond motifs is 1. The summed E-state index contributed by atoms with van der Waals surface area (Å²) < 4.78 is 11.1. The first-order valence-electron chi connectivity index (χ1n) is 6.88. The molecule has 2 aliphatic heterocycles. The maximum atomic E-state index is 12.6. The Kier molecular flexibility index (Phi) is 3.42. The number of hydrogen-bond acceptors (Lipinski definition) is 3. The van der Waals surface area contributed by atoms with Crippen LogP contribution in [0, 0.1) is 12.8 Å². The number of nitrogens with zero attached hydrogens (tertiary/aromatic N) is 1. The minimum Gasteiger partial charge on any atom is -0.490 e. The zero-order valence-corrected chi connectivity index (χ0v) is 11.2. The zero-order valence-electron chi connectivity index (χ0n) is 11.2. The van der Waals surface area contributed by atoms with E-state index in [2.05, 4.69) is 0 Å². The molecule has 0 bridgehead atoms. The molecular weight excluding hydrogens is 242 g/mol. The van der Waals surface area contributed by atoms with Crippen molar-refractivity contribution in [2.45, 2.75) is 19.8 Å². The average Bonchev–Trinajstić information content (AvgIpc) is 2.46. The van der Waals surface area contributed by atoms with Crippen molar-refractivity contribution in [1.29, 1.82) is 0 Å². The van der Waals surface area contributed by atoms with Crippen molar-refractivity contribution in [3.63, 3.8) is 0 Å². The minimum absolute atomic E-state index is 0.000929. The molecule has 1 atom stereocenters. The Morgan fingerprint density at radius 3 is 3.05 bits per heavy atom. The van der Waals surface area contributed by atoms with Gasteiger partial charge in [0, 0.05) is 6.61 Å². The quantitative estimate of drug-likeness (QED) is 0.777. The van der Waals surface area contributed by atoms with Crippen molar-refractivity contribution in [3.05, 3.63) is 23.8 Å². The van der Waals surface area contributed by atoms with Crippen molar-refractivity contribution in [1.82, 2.24) is 0 Å². The van der Waals surface area contributed by atoms with Crippen molar-refractivity contribution >= 4 is 11.6 Å². The third-order valence-electron chi connectivity index (χ3n) is 3.75. The number of anilines is 1. The molecule has 1 aromatic carbocycles. The van der Waals surface area contributed by atoms with Gasteiger partial charge in [-0.3, -0.25) is 4.79 Å². The molecule has 1 amide bonds. The number of ether oxygens (including phenoxy) is 2. The van der Waals surface area contributed by atoms with Crippen LogP contribution in [0.3, 0.4) is 0 Å². The predicted molar refractivity (Wildman–Crippen MR) is 72.6 cm³/mol. The molecule has 1 unspecified atom stereocenters. The largest absolute Gasteiger partial charge is 0.490 e. The SMILES string of the molecule is Cc1ccc2c(c1)OCCN2C(=O)C1CCCOC1. The molecule has 0 saturated carbocycles. The Balaban J connectivity index is 1.84. The molecule has 4 heteroatoms. The molecule has 0 radical (unpaired) electrons. The van der Waals surface area contributed by atoms with E-state index in [-0.39, 0.29) is 11.8 Å². The summed E-state index contributed by atoms with van der Waals surface area (Å²) in [5.41, 5.74) is 2.04. The summed E-state index contributed by atoms with van der Waals surface area (Å²) in [4.78, 5) is 14.4. The molecule has 1 aromatic rings. The fourth-order valence-electron chi connectivity index (χ4n) is 2.71. The van der Waals surface area contributed by atoms with Crippen LogP contribution in [0.1, 0.15) is 18.4 Å². The fraction of sp³-hybridized carbons (Fsp3) is 0.533. The monoisotopic (exact) mass is 261 g/mol. The van der Waals surface area contributed by atoms with Gasteiger partial charge in [0.1, 0.15) is 12.4 Å². The number of aryl methyl sites for hydroxylation is 1. The molecule has 19 heavy (non-hydrogen) atoms. The van der Waals surface area contributed by atoms with Crippen LogP contribution in [-0.4, -0.2) is 32.3 Å². The second kappa shape index (κ2) is 5.21. The number of rotatable bonds is 1. The van der Waals surface area contributed by atoms with E-state index >= 15 is 0 Å². The first kappa shape index (κ1) is 12.5. The van der Waals surface area contributed by atoms with Gasteiger partial charge in [-0.25, -0.2) is 0 Å². The second-order valence-electron chi connectivity index (χ2n) is 5.22. The highest BCUT2D eigenvalue weighted by atomic mass is 16.5. The molecule has 0 spiro atoms. The van der Waals surface area contributed by atoms with Crippen molar-refractivity contribution in [2.24, 2.45) is 5.92 Å². The van der Waals surface area contributed by atoms with Crippen molar-refractivity contribution in [2.75, 3.05) is 31.3 Å². The Labute approximate surface area is 113 Å². The predicted octanol–water partition coefficient (Wildman–Crippen LogP) is 2.15. The summed E-state index contributed by atoms with van der Waals surface area (Å²) in [7, 11) is 0. The van der Waals surface area contributed by atoms with Gasteiger partial charge in [-0.2, -0.15) is 0 Å². The lowest BCUT2D eigenvalue weighted by Gasteiger charge is -2.33. The molecule has 102 valence electrons. The Bertz CT molecular complexity index is 480. The van der Waals surface area contributed by atoms with Crippen LogP contribution >= 0.6 is 0 Å². The molecule has 0 aliphatic carbocycles. The van der Waals surface area contributed by atoms with Gasteiger partial charge in [0.15, 0.2) is 0 Å². The molecule has 1 saturated heterocycles. The van der Waals surface area contributed by atoms with E-state index < -0.39 is 0 Å². The van der Waals surface area contributed by atoms with Crippen LogP contribution < -0.4 is 9.64 Å². The minimum atomic E-state index is 0.000929. The highest BCUT2D eigenvalue weighted by molar-refractivity contribution is 5.97. The summed E-state index contributed by atoms with van der Waals surface area (Å²) in [6.45, 7) is 4.56. The van der Waals surface area contributed by atoms with Crippen LogP contribution in [0.5, 0.6) is 5.75 Å². The molecule has 2 heterocycles. The highest BCUT2D eigenvalue weighted by Gasteiger charge is 2.30. The molecule has 3 rings (SSSR count). The van der Waals surface area contributed by atoms with Crippen LogP contribution in [0.25, 0.3) is 0 Å². The van der Waals surface area contributed by atoms with Crippen LogP contribution in [-0.2, 0) is 9.53 Å². The van der Waals surface area contributed by atoms with Gasteiger partial charge in [-0.15, -0.1) is 0 Å². The van der Waals surface area contributed by atoms with Gasteiger partial charge in [0.05, 0.1) is 24.8 Å². The van der Waals surface area contributed by atoms with Crippen LogP contribution in [0.2, 0.25) is 0 Å². The highest BCUT2D eigenvalue weighted by Crippen LogP contribution is 2.34.